The Morgan fingerprint density at radius 1 is 1.32 bits per heavy atom. The summed E-state index contributed by atoms with van der Waals surface area (Å²) in [5.41, 5.74) is 6.99. The van der Waals surface area contributed by atoms with Crippen molar-refractivity contribution in [1.82, 2.24) is 4.98 Å². The highest BCUT2D eigenvalue weighted by molar-refractivity contribution is 9.10. The minimum atomic E-state index is -0.0766. The summed E-state index contributed by atoms with van der Waals surface area (Å²) >= 11 is 4.78. The summed E-state index contributed by atoms with van der Waals surface area (Å²) in [6.07, 6.45) is 1.70. The summed E-state index contributed by atoms with van der Waals surface area (Å²) in [4.78, 5) is 16.0. The first-order valence-corrected chi connectivity index (χ1v) is 7.32. The Labute approximate surface area is 123 Å². The zero-order valence-corrected chi connectivity index (χ0v) is 12.4. The Hall–Kier alpha value is -1.53. The van der Waals surface area contributed by atoms with Crippen LogP contribution in [0.2, 0.25) is 0 Å². The zero-order valence-electron chi connectivity index (χ0n) is 9.97. The van der Waals surface area contributed by atoms with Crippen molar-refractivity contribution >= 4 is 45.0 Å². The van der Waals surface area contributed by atoms with E-state index in [1.807, 2.05) is 12.1 Å². The van der Waals surface area contributed by atoms with Crippen LogP contribution in [0.25, 0.3) is 0 Å². The van der Waals surface area contributed by atoms with E-state index in [1.165, 1.54) is 11.8 Å². The van der Waals surface area contributed by atoms with Crippen molar-refractivity contribution in [3.05, 3.63) is 47.1 Å². The quantitative estimate of drug-likeness (QED) is 0.664. The van der Waals surface area contributed by atoms with Gasteiger partial charge in [0, 0.05) is 22.0 Å². The van der Waals surface area contributed by atoms with Crippen LogP contribution in [0.3, 0.4) is 0 Å². The molecule has 0 unspecified atom stereocenters. The van der Waals surface area contributed by atoms with Crippen LogP contribution in [0.4, 0.5) is 11.4 Å². The number of aromatic nitrogens is 1. The molecule has 1 amide bonds. The van der Waals surface area contributed by atoms with Crippen LogP contribution in [-0.2, 0) is 4.79 Å². The van der Waals surface area contributed by atoms with Crippen molar-refractivity contribution in [2.45, 2.75) is 5.03 Å². The SMILES string of the molecule is Nc1ccc(NC(=O)CSc2ncccc2Br)cc1. The molecule has 0 aliphatic rings. The van der Waals surface area contributed by atoms with Crippen molar-refractivity contribution in [3.8, 4) is 0 Å². The van der Waals surface area contributed by atoms with Gasteiger partial charge < -0.3 is 11.1 Å². The van der Waals surface area contributed by atoms with Crippen LogP contribution < -0.4 is 11.1 Å². The Morgan fingerprint density at radius 3 is 2.74 bits per heavy atom. The van der Waals surface area contributed by atoms with Crippen LogP contribution >= 0.6 is 27.7 Å². The minimum Gasteiger partial charge on any atom is -0.399 e. The van der Waals surface area contributed by atoms with Crippen LogP contribution in [0.1, 0.15) is 0 Å². The maximum atomic E-state index is 11.8. The number of carbonyl (C=O) groups excluding carboxylic acids is 1. The fourth-order valence-corrected chi connectivity index (χ4v) is 2.65. The molecule has 0 saturated heterocycles. The van der Waals surface area contributed by atoms with Gasteiger partial charge in [-0.1, -0.05) is 11.8 Å². The Bertz CT molecular complexity index is 574. The Balaban J connectivity index is 1.88. The highest BCUT2D eigenvalue weighted by atomic mass is 79.9. The van der Waals surface area contributed by atoms with Gasteiger partial charge >= 0.3 is 0 Å². The molecule has 1 heterocycles. The molecular weight excluding hydrogens is 326 g/mol. The third-order valence-electron chi connectivity index (χ3n) is 2.26. The van der Waals surface area contributed by atoms with Gasteiger partial charge in [-0.05, 0) is 52.3 Å². The minimum absolute atomic E-state index is 0.0766. The van der Waals surface area contributed by atoms with Crippen molar-refractivity contribution in [3.63, 3.8) is 0 Å². The van der Waals surface area contributed by atoms with E-state index in [0.717, 1.165) is 15.2 Å². The molecule has 0 spiro atoms. The first-order valence-electron chi connectivity index (χ1n) is 5.54. The lowest BCUT2D eigenvalue weighted by atomic mass is 10.3. The molecular formula is C13H12BrN3OS. The maximum absolute atomic E-state index is 11.8. The summed E-state index contributed by atoms with van der Waals surface area (Å²) in [5, 5.41) is 3.60. The molecule has 1 aromatic heterocycles. The number of nitrogens with zero attached hydrogens (tertiary/aromatic N) is 1. The average Bonchev–Trinajstić information content (AvgIpc) is 2.40. The van der Waals surface area contributed by atoms with Gasteiger partial charge in [0.2, 0.25) is 5.91 Å². The highest BCUT2D eigenvalue weighted by Crippen LogP contribution is 2.24. The second kappa shape index (κ2) is 6.58. The molecule has 98 valence electrons. The molecule has 0 saturated carbocycles. The molecule has 4 nitrogen and oxygen atoms in total. The number of pyridine rings is 1. The number of nitrogens with two attached hydrogens (primary N) is 1. The first kappa shape index (κ1) is 13.9. The molecule has 0 fully saturated rings. The monoisotopic (exact) mass is 337 g/mol. The third-order valence-corrected chi connectivity index (χ3v) is 4.17. The van der Waals surface area contributed by atoms with Crippen LogP contribution in [0.15, 0.2) is 52.1 Å². The summed E-state index contributed by atoms with van der Waals surface area (Å²) in [6.45, 7) is 0. The predicted molar refractivity (Wildman–Crippen MR) is 82.1 cm³/mol. The van der Waals surface area contributed by atoms with Gasteiger partial charge in [-0.2, -0.15) is 0 Å². The van der Waals surface area contributed by atoms with Crippen LogP contribution in [0.5, 0.6) is 0 Å². The van der Waals surface area contributed by atoms with E-state index in [9.17, 15) is 4.79 Å². The summed E-state index contributed by atoms with van der Waals surface area (Å²) in [5.74, 6) is 0.229. The van der Waals surface area contributed by atoms with Crippen molar-refractivity contribution < 1.29 is 4.79 Å². The second-order valence-electron chi connectivity index (χ2n) is 3.75. The number of hydrogen-bond acceptors (Lipinski definition) is 4. The first-order chi connectivity index (χ1) is 9.15. The summed E-state index contributed by atoms with van der Waals surface area (Å²) < 4.78 is 0.889. The molecule has 1 aromatic carbocycles. The predicted octanol–water partition coefficient (Wildman–Crippen LogP) is 3.16. The van der Waals surface area contributed by atoms with E-state index in [-0.39, 0.29) is 5.91 Å². The lowest BCUT2D eigenvalue weighted by Gasteiger charge is -2.05. The van der Waals surface area contributed by atoms with E-state index < -0.39 is 0 Å². The van der Waals surface area contributed by atoms with Crippen molar-refractivity contribution in [2.24, 2.45) is 0 Å². The van der Waals surface area contributed by atoms with E-state index in [2.05, 4.69) is 26.2 Å². The topological polar surface area (TPSA) is 68.0 Å². The van der Waals surface area contributed by atoms with E-state index in [1.54, 1.807) is 30.5 Å². The van der Waals surface area contributed by atoms with Gasteiger partial charge in [0.1, 0.15) is 5.03 Å². The number of halogens is 1. The summed E-state index contributed by atoms with van der Waals surface area (Å²) in [6, 6.07) is 10.8. The molecule has 6 heteroatoms. The summed E-state index contributed by atoms with van der Waals surface area (Å²) in [7, 11) is 0. The Morgan fingerprint density at radius 2 is 2.05 bits per heavy atom. The number of rotatable bonds is 4. The van der Waals surface area contributed by atoms with Gasteiger partial charge in [-0.25, -0.2) is 4.98 Å². The molecule has 3 N–H and O–H groups in total. The maximum Gasteiger partial charge on any atom is 0.234 e. The molecule has 2 rings (SSSR count). The fourth-order valence-electron chi connectivity index (χ4n) is 1.37. The molecule has 19 heavy (non-hydrogen) atoms. The highest BCUT2D eigenvalue weighted by Gasteiger charge is 2.06. The van der Waals surface area contributed by atoms with Crippen LogP contribution in [0, 0.1) is 0 Å². The average molecular weight is 338 g/mol. The normalized spacial score (nSPS) is 10.2. The number of thioether (sulfide) groups is 1. The molecule has 0 bridgehead atoms. The largest absolute Gasteiger partial charge is 0.399 e. The molecule has 0 atom stereocenters. The van der Waals surface area contributed by atoms with Gasteiger partial charge in [-0.3, -0.25) is 4.79 Å². The van der Waals surface area contributed by atoms with E-state index >= 15 is 0 Å². The van der Waals surface area contributed by atoms with Crippen LogP contribution in [-0.4, -0.2) is 16.6 Å². The third kappa shape index (κ3) is 4.25. The molecule has 0 radical (unpaired) electrons. The number of nitrogen functional groups attached to an aromatic ring is 1. The van der Waals surface area contributed by atoms with Gasteiger partial charge in [0.25, 0.3) is 0 Å². The molecule has 0 aliphatic carbocycles. The number of hydrogen-bond donors (Lipinski definition) is 2. The van der Waals surface area contributed by atoms with Gasteiger partial charge in [0.05, 0.1) is 5.75 Å². The smallest absolute Gasteiger partial charge is 0.234 e. The number of nitrogens with one attached hydrogen (secondary N) is 1. The van der Waals surface area contributed by atoms with Crippen molar-refractivity contribution in [2.75, 3.05) is 16.8 Å². The number of carbonyl (C=O) groups is 1. The standard InChI is InChI=1S/C13H12BrN3OS/c14-11-2-1-7-16-13(11)19-8-12(18)17-10-5-3-9(15)4-6-10/h1-7H,8,15H2,(H,17,18). The van der Waals surface area contributed by atoms with Gasteiger partial charge in [-0.15, -0.1) is 0 Å². The second-order valence-corrected chi connectivity index (χ2v) is 5.57. The lowest BCUT2D eigenvalue weighted by Crippen LogP contribution is -2.14. The number of amides is 1. The number of benzene rings is 1. The van der Waals surface area contributed by atoms with Crippen molar-refractivity contribution in [1.29, 1.82) is 0 Å². The Kier molecular flexibility index (Phi) is 4.81. The molecule has 2 aromatic rings. The van der Waals surface area contributed by atoms with Gasteiger partial charge in [0.15, 0.2) is 0 Å². The zero-order chi connectivity index (χ0) is 13.7. The molecule has 0 aliphatic heterocycles. The fraction of sp³-hybridized carbons (Fsp3) is 0.0769. The van der Waals surface area contributed by atoms with E-state index in [4.69, 9.17) is 5.73 Å². The lowest BCUT2D eigenvalue weighted by molar-refractivity contribution is -0.113. The van der Waals surface area contributed by atoms with E-state index in [0.29, 0.717) is 11.4 Å². The number of anilines is 2.